The molecule has 0 saturated carbocycles. The molecule has 0 fully saturated rings. The Hall–Kier alpha value is -4.00. The van der Waals surface area contributed by atoms with Gasteiger partial charge >= 0.3 is 5.97 Å². The van der Waals surface area contributed by atoms with Gasteiger partial charge in [-0.15, -0.1) is 0 Å². The van der Waals surface area contributed by atoms with Crippen LogP contribution in [-0.4, -0.2) is 40.4 Å². The van der Waals surface area contributed by atoms with Gasteiger partial charge < -0.3 is 20.3 Å². The molecular weight excluding hydrogens is 464 g/mol. The van der Waals surface area contributed by atoms with Gasteiger partial charge in [-0.1, -0.05) is 48.0 Å². The van der Waals surface area contributed by atoms with E-state index in [0.29, 0.717) is 18.7 Å². The van der Waals surface area contributed by atoms with E-state index in [2.05, 4.69) is 16.4 Å². The molecule has 0 radical (unpaired) electrons. The molecule has 0 amide bonds. The first kappa shape index (κ1) is 24.7. The van der Waals surface area contributed by atoms with Crippen LogP contribution >= 0.6 is 0 Å². The Kier molecular flexibility index (Phi) is 7.30. The second-order valence-electron chi connectivity index (χ2n) is 9.49. The number of carboxylic acid groups (broad SMARTS) is 1. The number of aliphatic hydroxyl groups is 1. The number of hydrogen-bond acceptors (Lipinski definition) is 5. The quantitative estimate of drug-likeness (QED) is 0.302. The summed E-state index contributed by atoms with van der Waals surface area (Å²) in [5, 5.41) is 23.4. The Labute approximate surface area is 216 Å². The Morgan fingerprint density at radius 3 is 2.57 bits per heavy atom. The average Bonchev–Trinajstić information content (AvgIpc) is 2.93. The predicted octanol–water partition coefficient (Wildman–Crippen LogP) is 5.44. The number of fused-ring (bicyclic) bond motifs is 1. The zero-order chi connectivity index (χ0) is 25.8. The first-order valence-electron chi connectivity index (χ1n) is 12.5. The van der Waals surface area contributed by atoms with Crippen molar-refractivity contribution in [3.63, 3.8) is 0 Å². The number of pyridine rings is 1. The standard InChI is InChI=1S/C31H30N2O4/c1-20-4-6-21(7-5-20)28-16-23(9-12-27(28)31(35)36)22-10-13-30-24(15-22)8-11-26(37-30)18-33-19-29(34)25-3-2-14-32-17-25/h2-7,9-10,12-17,26,29,33-34H,8,11,18-19H2,1H3,(H,35,36)/t26-,29+/m1/s1. The van der Waals surface area contributed by atoms with Crippen molar-refractivity contribution < 1.29 is 19.7 Å². The van der Waals surface area contributed by atoms with Gasteiger partial charge in [0, 0.05) is 31.0 Å². The molecule has 6 heteroatoms. The van der Waals surface area contributed by atoms with E-state index in [-0.39, 0.29) is 11.7 Å². The lowest BCUT2D eigenvalue weighted by molar-refractivity contribution is 0.0697. The average molecular weight is 495 g/mol. The van der Waals surface area contributed by atoms with Crippen LogP contribution in [0.2, 0.25) is 0 Å². The molecule has 6 nitrogen and oxygen atoms in total. The monoisotopic (exact) mass is 494 g/mol. The zero-order valence-electron chi connectivity index (χ0n) is 20.7. The Bertz CT molecular complexity index is 1390. The maximum absolute atomic E-state index is 11.9. The van der Waals surface area contributed by atoms with Crippen LogP contribution in [0.4, 0.5) is 0 Å². The lowest BCUT2D eigenvalue weighted by Crippen LogP contribution is -2.36. The summed E-state index contributed by atoms with van der Waals surface area (Å²) < 4.78 is 6.23. The highest BCUT2D eigenvalue weighted by molar-refractivity contribution is 5.97. The second-order valence-corrected chi connectivity index (χ2v) is 9.49. The van der Waals surface area contributed by atoms with Crippen molar-refractivity contribution in [1.82, 2.24) is 10.3 Å². The number of aryl methyl sites for hydroxylation is 2. The summed E-state index contributed by atoms with van der Waals surface area (Å²) in [6.07, 6.45) is 4.55. The topological polar surface area (TPSA) is 91.7 Å². The van der Waals surface area contributed by atoms with Gasteiger partial charge in [-0.3, -0.25) is 4.98 Å². The van der Waals surface area contributed by atoms with E-state index in [1.54, 1.807) is 18.5 Å². The molecule has 0 unspecified atom stereocenters. The Morgan fingerprint density at radius 1 is 1.05 bits per heavy atom. The fourth-order valence-electron chi connectivity index (χ4n) is 4.72. The summed E-state index contributed by atoms with van der Waals surface area (Å²) in [6, 6.07) is 23.3. The minimum Gasteiger partial charge on any atom is -0.489 e. The minimum absolute atomic E-state index is 0.0300. The van der Waals surface area contributed by atoms with Gasteiger partial charge in [0.15, 0.2) is 0 Å². The van der Waals surface area contributed by atoms with Gasteiger partial charge in [-0.05, 0) is 77.9 Å². The fourth-order valence-corrected chi connectivity index (χ4v) is 4.72. The van der Waals surface area contributed by atoms with Crippen molar-refractivity contribution in [1.29, 1.82) is 0 Å². The predicted molar refractivity (Wildman–Crippen MR) is 144 cm³/mol. The van der Waals surface area contributed by atoms with E-state index in [1.807, 2.05) is 67.6 Å². The highest BCUT2D eigenvalue weighted by atomic mass is 16.5. The van der Waals surface area contributed by atoms with E-state index in [4.69, 9.17) is 4.74 Å². The third-order valence-electron chi connectivity index (χ3n) is 6.81. The fraction of sp³-hybridized carbons (Fsp3) is 0.226. The second kappa shape index (κ2) is 10.9. The van der Waals surface area contributed by atoms with Crippen molar-refractivity contribution in [3.8, 4) is 28.0 Å². The molecule has 4 aromatic rings. The largest absolute Gasteiger partial charge is 0.489 e. The molecule has 37 heavy (non-hydrogen) atoms. The molecule has 1 aliphatic rings. The van der Waals surface area contributed by atoms with Crippen LogP contribution in [0.3, 0.4) is 0 Å². The zero-order valence-corrected chi connectivity index (χ0v) is 20.7. The number of ether oxygens (including phenoxy) is 1. The molecule has 0 spiro atoms. The maximum Gasteiger partial charge on any atom is 0.336 e. The van der Waals surface area contributed by atoms with E-state index in [1.165, 1.54) is 0 Å². The lowest BCUT2D eigenvalue weighted by Gasteiger charge is -2.27. The van der Waals surface area contributed by atoms with Gasteiger partial charge in [-0.2, -0.15) is 0 Å². The van der Waals surface area contributed by atoms with Gasteiger partial charge in [0.05, 0.1) is 11.7 Å². The molecule has 0 aliphatic carbocycles. The number of aromatic nitrogens is 1. The molecule has 0 bridgehead atoms. The number of aliphatic hydroxyl groups excluding tert-OH is 1. The third-order valence-corrected chi connectivity index (χ3v) is 6.81. The van der Waals surface area contributed by atoms with Crippen molar-refractivity contribution in [3.05, 3.63) is 107 Å². The number of carbonyl (C=O) groups is 1. The minimum atomic E-state index is -0.937. The van der Waals surface area contributed by atoms with Gasteiger partial charge in [0.25, 0.3) is 0 Å². The van der Waals surface area contributed by atoms with Gasteiger partial charge in [0.2, 0.25) is 0 Å². The van der Waals surface area contributed by atoms with Crippen LogP contribution in [0.25, 0.3) is 22.3 Å². The first-order valence-corrected chi connectivity index (χ1v) is 12.5. The van der Waals surface area contributed by atoms with Gasteiger partial charge in [-0.25, -0.2) is 4.79 Å². The van der Waals surface area contributed by atoms with Crippen LogP contribution in [0.1, 0.15) is 39.6 Å². The molecule has 1 aromatic heterocycles. The lowest BCUT2D eigenvalue weighted by atomic mass is 9.92. The number of rotatable bonds is 8. The number of nitrogens with zero attached hydrogens (tertiary/aromatic N) is 1. The Balaban J connectivity index is 1.28. The van der Waals surface area contributed by atoms with E-state index < -0.39 is 12.1 Å². The molecular formula is C31H30N2O4. The normalized spacial score (nSPS) is 15.5. The van der Waals surface area contributed by atoms with Crippen molar-refractivity contribution >= 4 is 5.97 Å². The number of aromatic carboxylic acids is 1. The summed E-state index contributed by atoms with van der Waals surface area (Å²) in [7, 11) is 0. The summed E-state index contributed by atoms with van der Waals surface area (Å²) in [4.78, 5) is 15.9. The number of nitrogens with one attached hydrogen (secondary N) is 1. The summed E-state index contributed by atoms with van der Waals surface area (Å²) in [6.45, 7) is 3.10. The van der Waals surface area contributed by atoms with E-state index >= 15 is 0 Å². The van der Waals surface area contributed by atoms with Gasteiger partial charge in [0.1, 0.15) is 11.9 Å². The van der Waals surface area contributed by atoms with Crippen LogP contribution in [0, 0.1) is 6.92 Å². The molecule has 2 heterocycles. The van der Waals surface area contributed by atoms with Crippen LogP contribution < -0.4 is 10.1 Å². The van der Waals surface area contributed by atoms with Crippen LogP contribution in [-0.2, 0) is 6.42 Å². The molecule has 1 aliphatic heterocycles. The van der Waals surface area contributed by atoms with Crippen LogP contribution in [0.15, 0.2) is 85.2 Å². The number of benzene rings is 3. The van der Waals surface area contributed by atoms with Crippen molar-refractivity contribution in [2.24, 2.45) is 0 Å². The van der Waals surface area contributed by atoms with E-state index in [0.717, 1.165) is 52.0 Å². The molecule has 0 saturated heterocycles. The Morgan fingerprint density at radius 2 is 1.81 bits per heavy atom. The third kappa shape index (κ3) is 5.71. The molecule has 2 atom stereocenters. The highest BCUT2D eigenvalue weighted by Gasteiger charge is 2.21. The van der Waals surface area contributed by atoms with Crippen LogP contribution in [0.5, 0.6) is 5.75 Å². The molecule has 3 aromatic carbocycles. The molecule has 188 valence electrons. The summed E-state index contributed by atoms with van der Waals surface area (Å²) in [5.74, 6) is -0.0657. The summed E-state index contributed by atoms with van der Waals surface area (Å²) >= 11 is 0. The number of carboxylic acids is 1. The molecule has 3 N–H and O–H groups in total. The smallest absolute Gasteiger partial charge is 0.336 e. The highest BCUT2D eigenvalue weighted by Crippen LogP contribution is 2.35. The molecule has 5 rings (SSSR count). The number of hydrogen-bond donors (Lipinski definition) is 3. The SMILES string of the molecule is Cc1ccc(-c2cc(-c3ccc4c(c3)CC[C@H](CNC[C@H](O)c3cccnc3)O4)ccc2C(=O)O)cc1. The van der Waals surface area contributed by atoms with Crippen molar-refractivity contribution in [2.75, 3.05) is 13.1 Å². The summed E-state index contributed by atoms with van der Waals surface area (Å²) in [5.41, 5.74) is 6.94. The maximum atomic E-state index is 11.9. The first-order chi connectivity index (χ1) is 18.0. The van der Waals surface area contributed by atoms with Crippen molar-refractivity contribution in [2.45, 2.75) is 32.0 Å². The van der Waals surface area contributed by atoms with E-state index in [9.17, 15) is 15.0 Å².